The average molecular weight is 271 g/mol. The van der Waals surface area contributed by atoms with Gasteiger partial charge in [0, 0.05) is 5.56 Å². The summed E-state index contributed by atoms with van der Waals surface area (Å²) in [4.78, 5) is 12.6. The van der Waals surface area contributed by atoms with Crippen LogP contribution in [-0.2, 0) is 0 Å². The Balaban J connectivity index is 2.44. The molecule has 0 radical (unpaired) electrons. The molecule has 0 saturated heterocycles. The van der Waals surface area contributed by atoms with E-state index in [4.69, 9.17) is 16.3 Å². The second kappa shape index (κ2) is 4.85. The minimum atomic E-state index is -0.468. The Bertz CT molecular complexity index is 565. The van der Waals surface area contributed by atoms with Crippen LogP contribution in [0.3, 0.4) is 0 Å². The van der Waals surface area contributed by atoms with Crippen molar-refractivity contribution in [3.63, 3.8) is 0 Å². The van der Waals surface area contributed by atoms with Crippen LogP contribution < -0.4 is 4.74 Å². The molecule has 2 rings (SSSR count). The molecule has 0 fully saturated rings. The van der Waals surface area contributed by atoms with Gasteiger partial charge in [-0.15, -0.1) is 11.3 Å². The second-order valence-corrected chi connectivity index (χ2v) is 4.59. The molecule has 0 aliphatic rings. The van der Waals surface area contributed by atoms with Gasteiger partial charge in [0.25, 0.3) is 0 Å². The lowest BCUT2D eigenvalue weighted by Gasteiger charge is -2.04. The number of ketones is 1. The summed E-state index contributed by atoms with van der Waals surface area (Å²) in [5.41, 5.74) is 0.272. The Morgan fingerprint density at radius 1 is 1.41 bits per heavy atom. The van der Waals surface area contributed by atoms with Crippen molar-refractivity contribution in [1.82, 2.24) is 0 Å². The molecular formula is C12H8ClFO2S. The maximum absolute atomic E-state index is 12.9. The quantitative estimate of drug-likeness (QED) is 0.794. The van der Waals surface area contributed by atoms with Crippen LogP contribution in [0, 0.1) is 5.82 Å². The van der Waals surface area contributed by atoms with Gasteiger partial charge < -0.3 is 4.74 Å². The van der Waals surface area contributed by atoms with Crippen molar-refractivity contribution in [2.45, 2.75) is 0 Å². The van der Waals surface area contributed by atoms with Gasteiger partial charge in [-0.3, -0.25) is 4.79 Å². The SMILES string of the molecule is COc1ccsc1C(=O)c1ccc(F)cc1Cl. The van der Waals surface area contributed by atoms with E-state index >= 15 is 0 Å². The zero-order valence-electron chi connectivity index (χ0n) is 8.87. The van der Waals surface area contributed by atoms with Crippen LogP contribution in [0.25, 0.3) is 0 Å². The highest BCUT2D eigenvalue weighted by Gasteiger charge is 2.18. The van der Waals surface area contributed by atoms with Crippen molar-refractivity contribution in [1.29, 1.82) is 0 Å². The van der Waals surface area contributed by atoms with Gasteiger partial charge in [-0.25, -0.2) is 4.39 Å². The van der Waals surface area contributed by atoms with Crippen LogP contribution in [-0.4, -0.2) is 12.9 Å². The van der Waals surface area contributed by atoms with Crippen LogP contribution in [0.5, 0.6) is 5.75 Å². The van der Waals surface area contributed by atoms with Crippen LogP contribution >= 0.6 is 22.9 Å². The molecule has 0 atom stereocenters. The molecule has 17 heavy (non-hydrogen) atoms. The molecule has 0 amide bonds. The van der Waals surface area contributed by atoms with E-state index in [1.807, 2.05) is 0 Å². The fourth-order valence-electron chi connectivity index (χ4n) is 1.42. The van der Waals surface area contributed by atoms with E-state index < -0.39 is 5.82 Å². The van der Waals surface area contributed by atoms with Crippen LogP contribution in [0.15, 0.2) is 29.6 Å². The lowest BCUT2D eigenvalue weighted by Crippen LogP contribution is -2.02. The molecule has 0 aliphatic heterocycles. The molecule has 0 bridgehead atoms. The summed E-state index contributed by atoms with van der Waals surface area (Å²) in [5.74, 6) is -0.230. The monoisotopic (exact) mass is 270 g/mol. The molecule has 88 valence electrons. The van der Waals surface area contributed by atoms with Gasteiger partial charge in [-0.1, -0.05) is 11.6 Å². The van der Waals surface area contributed by atoms with E-state index in [9.17, 15) is 9.18 Å². The summed E-state index contributed by atoms with van der Waals surface area (Å²) < 4.78 is 17.9. The molecule has 0 spiro atoms. The molecule has 2 aromatic rings. The minimum absolute atomic E-state index is 0.102. The molecule has 0 N–H and O–H groups in total. The van der Waals surface area contributed by atoms with E-state index in [1.54, 1.807) is 11.4 Å². The first-order chi connectivity index (χ1) is 8.13. The largest absolute Gasteiger partial charge is 0.495 e. The molecule has 0 aliphatic carbocycles. The number of hydrogen-bond donors (Lipinski definition) is 0. The first kappa shape index (κ1) is 12.1. The van der Waals surface area contributed by atoms with Gasteiger partial charge in [0.1, 0.15) is 16.4 Å². The van der Waals surface area contributed by atoms with E-state index in [2.05, 4.69) is 0 Å². The summed E-state index contributed by atoms with van der Waals surface area (Å²) in [6.45, 7) is 0. The van der Waals surface area contributed by atoms with Gasteiger partial charge in [0.15, 0.2) is 0 Å². The van der Waals surface area contributed by atoms with Crippen molar-refractivity contribution >= 4 is 28.7 Å². The predicted octanol–water partition coefficient (Wildman–Crippen LogP) is 3.78. The number of hydrogen-bond acceptors (Lipinski definition) is 3. The molecular weight excluding hydrogens is 263 g/mol. The van der Waals surface area contributed by atoms with E-state index in [-0.39, 0.29) is 16.4 Å². The summed E-state index contributed by atoms with van der Waals surface area (Å²) >= 11 is 7.10. The Hall–Kier alpha value is -1.39. The predicted molar refractivity (Wildman–Crippen MR) is 65.7 cm³/mol. The van der Waals surface area contributed by atoms with Crippen molar-refractivity contribution < 1.29 is 13.9 Å². The van der Waals surface area contributed by atoms with Crippen molar-refractivity contribution in [2.75, 3.05) is 7.11 Å². The third kappa shape index (κ3) is 2.33. The van der Waals surface area contributed by atoms with Gasteiger partial charge in [-0.05, 0) is 29.6 Å². The Morgan fingerprint density at radius 2 is 2.18 bits per heavy atom. The zero-order valence-corrected chi connectivity index (χ0v) is 10.4. The fourth-order valence-corrected chi connectivity index (χ4v) is 2.49. The normalized spacial score (nSPS) is 10.3. The Labute approximate surface area is 107 Å². The highest BCUT2D eigenvalue weighted by Crippen LogP contribution is 2.29. The Morgan fingerprint density at radius 3 is 2.82 bits per heavy atom. The van der Waals surface area contributed by atoms with Gasteiger partial charge >= 0.3 is 0 Å². The second-order valence-electron chi connectivity index (χ2n) is 3.27. The molecule has 5 heteroatoms. The minimum Gasteiger partial charge on any atom is -0.495 e. The lowest BCUT2D eigenvalue weighted by atomic mass is 10.1. The maximum Gasteiger partial charge on any atom is 0.208 e. The highest BCUT2D eigenvalue weighted by molar-refractivity contribution is 7.12. The smallest absolute Gasteiger partial charge is 0.208 e. The summed E-state index contributed by atoms with van der Waals surface area (Å²) in [6.07, 6.45) is 0. The number of rotatable bonds is 3. The summed E-state index contributed by atoms with van der Waals surface area (Å²) in [5, 5.41) is 1.86. The maximum atomic E-state index is 12.9. The van der Waals surface area contributed by atoms with E-state index in [0.717, 1.165) is 6.07 Å². The number of halogens is 2. The zero-order chi connectivity index (χ0) is 12.4. The lowest BCUT2D eigenvalue weighted by molar-refractivity contribution is 0.104. The number of carbonyl (C=O) groups excluding carboxylic acids is 1. The highest BCUT2D eigenvalue weighted by atomic mass is 35.5. The van der Waals surface area contributed by atoms with Crippen LogP contribution in [0.4, 0.5) is 4.39 Å². The Kier molecular flexibility index (Phi) is 3.45. The van der Waals surface area contributed by atoms with Crippen LogP contribution in [0.1, 0.15) is 15.2 Å². The van der Waals surface area contributed by atoms with Gasteiger partial charge in [-0.2, -0.15) is 0 Å². The number of carbonyl (C=O) groups is 1. The van der Waals surface area contributed by atoms with Gasteiger partial charge in [0.2, 0.25) is 5.78 Å². The summed E-state index contributed by atoms with van der Waals surface area (Å²) in [7, 11) is 1.49. The summed E-state index contributed by atoms with van der Waals surface area (Å²) in [6, 6.07) is 5.41. The van der Waals surface area contributed by atoms with E-state index in [1.165, 1.54) is 30.6 Å². The molecule has 0 unspecified atom stereocenters. The number of benzene rings is 1. The van der Waals surface area contributed by atoms with Crippen molar-refractivity contribution in [3.8, 4) is 5.75 Å². The fraction of sp³-hybridized carbons (Fsp3) is 0.0833. The van der Waals surface area contributed by atoms with Crippen molar-refractivity contribution in [3.05, 3.63) is 50.9 Å². The van der Waals surface area contributed by atoms with Gasteiger partial charge in [0.05, 0.1) is 12.1 Å². The standard InChI is InChI=1S/C12H8ClFO2S/c1-16-10-4-5-17-12(10)11(15)8-3-2-7(14)6-9(8)13/h2-6H,1H3. The molecule has 2 nitrogen and oxygen atoms in total. The number of ether oxygens (including phenoxy) is 1. The first-order valence-corrected chi connectivity index (χ1v) is 6.00. The third-order valence-electron chi connectivity index (χ3n) is 2.23. The molecule has 0 saturated carbocycles. The van der Waals surface area contributed by atoms with Crippen LogP contribution in [0.2, 0.25) is 5.02 Å². The first-order valence-electron chi connectivity index (χ1n) is 4.74. The topological polar surface area (TPSA) is 26.3 Å². The molecule has 1 aromatic heterocycles. The van der Waals surface area contributed by atoms with Crippen molar-refractivity contribution in [2.24, 2.45) is 0 Å². The number of thiophene rings is 1. The van der Waals surface area contributed by atoms with E-state index in [0.29, 0.717) is 10.6 Å². The number of methoxy groups -OCH3 is 1. The average Bonchev–Trinajstić information content (AvgIpc) is 2.76. The molecule has 1 aromatic carbocycles. The third-order valence-corrected chi connectivity index (χ3v) is 3.44. The molecule has 1 heterocycles.